The molecule has 0 aromatic carbocycles. The molecule has 0 spiro atoms. The molecule has 0 bridgehead atoms. The Morgan fingerprint density at radius 3 is 2.50 bits per heavy atom. The molecule has 5 heteroatoms. The molecule has 0 aliphatic rings. The Bertz CT molecular complexity index is 207. The number of carbonyl (C=O) groups is 1. The van der Waals surface area contributed by atoms with Gasteiger partial charge in [-0.2, -0.15) is 0 Å². The van der Waals surface area contributed by atoms with Crippen molar-refractivity contribution in [1.29, 1.82) is 0 Å². The van der Waals surface area contributed by atoms with Gasteiger partial charge in [-0.15, -0.1) is 0 Å². The van der Waals surface area contributed by atoms with Crippen LogP contribution in [-0.4, -0.2) is 35.2 Å². The van der Waals surface area contributed by atoms with Gasteiger partial charge in [-0.1, -0.05) is 12.2 Å². The lowest BCUT2D eigenvalue weighted by atomic mass is 10.4. The Morgan fingerprint density at radius 2 is 2.14 bits per heavy atom. The number of carbonyl (C=O) groups excluding carboxylic acids is 1. The zero-order chi connectivity index (χ0) is 11.1. The summed E-state index contributed by atoms with van der Waals surface area (Å²) in [4.78, 5) is 13.4. The van der Waals surface area contributed by atoms with Crippen molar-refractivity contribution in [1.82, 2.24) is 4.90 Å². The van der Waals surface area contributed by atoms with Crippen LogP contribution in [0.25, 0.3) is 0 Å². The summed E-state index contributed by atoms with van der Waals surface area (Å²) in [6.45, 7) is 6.66. The van der Waals surface area contributed by atoms with Crippen LogP contribution in [0.3, 0.4) is 0 Å². The molecule has 0 aliphatic heterocycles. The van der Waals surface area contributed by atoms with Gasteiger partial charge in [0.05, 0.1) is 11.1 Å². The van der Waals surface area contributed by atoms with E-state index in [4.69, 9.17) is 22.7 Å². The minimum absolute atomic E-state index is 0.0959. The van der Waals surface area contributed by atoms with Gasteiger partial charge in [0.2, 0.25) is 0 Å². The number of rotatable bonds is 5. The van der Waals surface area contributed by atoms with Crippen LogP contribution in [0.4, 0.5) is 4.79 Å². The van der Waals surface area contributed by atoms with E-state index in [1.807, 2.05) is 20.8 Å². The summed E-state index contributed by atoms with van der Waals surface area (Å²) in [6, 6.07) is 0. The lowest BCUT2D eigenvalue weighted by molar-refractivity contribution is 0.0792. The molecule has 0 aliphatic carbocycles. The van der Waals surface area contributed by atoms with Crippen molar-refractivity contribution in [2.75, 3.05) is 13.1 Å². The highest BCUT2D eigenvalue weighted by Crippen LogP contribution is 1.99. The Labute approximate surface area is 90.4 Å². The molecule has 0 heterocycles. The molecule has 0 atom stereocenters. The molecule has 1 amide bonds. The third-order valence-corrected chi connectivity index (χ3v) is 1.81. The zero-order valence-electron chi connectivity index (χ0n) is 8.95. The molecule has 4 nitrogen and oxygen atoms in total. The van der Waals surface area contributed by atoms with Crippen molar-refractivity contribution < 1.29 is 9.53 Å². The van der Waals surface area contributed by atoms with Gasteiger partial charge in [0.15, 0.2) is 0 Å². The topological polar surface area (TPSA) is 55.6 Å². The molecule has 0 fully saturated rings. The third kappa shape index (κ3) is 5.75. The summed E-state index contributed by atoms with van der Waals surface area (Å²) in [5, 5.41) is 0. The molecule has 0 unspecified atom stereocenters. The van der Waals surface area contributed by atoms with Crippen LogP contribution in [0.1, 0.15) is 27.2 Å². The monoisotopic (exact) mass is 218 g/mol. The third-order valence-electron chi connectivity index (χ3n) is 1.60. The van der Waals surface area contributed by atoms with Crippen molar-refractivity contribution in [2.45, 2.75) is 33.3 Å². The number of nitrogens with zero attached hydrogens (tertiary/aromatic N) is 1. The molecule has 0 radical (unpaired) electrons. The van der Waals surface area contributed by atoms with Crippen LogP contribution < -0.4 is 5.73 Å². The molecular formula is C9H18N2O2S. The number of amides is 1. The molecule has 0 saturated heterocycles. The van der Waals surface area contributed by atoms with E-state index in [1.165, 1.54) is 0 Å². The second-order valence-electron chi connectivity index (χ2n) is 3.23. The predicted molar refractivity (Wildman–Crippen MR) is 60.3 cm³/mol. The summed E-state index contributed by atoms with van der Waals surface area (Å²) in [7, 11) is 0. The van der Waals surface area contributed by atoms with E-state index in [-0.39, 0.29) is 12.2 Å². The predicted octanol–water partition coefficient (Wildman–Crippen LogP) is 1.53. The summed E-state index contributed by atoms with van der Waals surface area (Å²) >= 11 is 4.74. The Morgan fingerprint density at radius 1 is 1.57 bits per heavy atom. The Balaban J connectivity index is 3.99. The maximum absolute atomic E-state index is 11.4. The van der Waals surface area contributed by atoms with E-state index in [2.05, 4.69) is 0 Å². The smallest absolute Gasteiger partial charge is 0.410 e. The molecule has 82 valence electrons. The van der Waals surface area contributed by atoms with Gasteiger partial charge < -0.3 is 15.4 Å². The fourth-order valence-corrected chi connectivity index (χ4v) is 0.991. The second-order valence-corrected chi connectivity index (χ2v) is 3.75. The minimum Gasteiger partial charge on any atom is -0.447 e. The molecule has 0 saturated carbocycles. The molecule has 14 heavy (non-hydrogen) atoms. The van der Waals surface area contributed by atoms with Crippen LogP contribution in [-0.2, 0) is 4.74 Å². The van der Waals surface area contributed by atoms with Gasteiger partial charge in [0.1, 0.15) is 0 Å². The van der Waals surface area contributed by atoms with E-state index in [9.17, 15) is 4.79 Å². The molecular weight excluding hydrogens is 200 g/mol. The minimum atomic E-state index is -0.307. The van der Waals surface area contributed by atoms with Crippen molar-refractivity contribution in [3.63, 3.8) is 0 Å². The van der Waals surface area contributed by atoms with Crippen LogP contribution in [0.5, 0.6) is 0 Å². The summed E-state index contributed by atoms with van der Waals surface area (Å²) in [5.74, 6) is 0. The van der Waals surface area contributed by atoms with E-state index < -0.39 is 0 Å². The van der Waals surface area contributed by atoms with E-state index in [0.29, 0.717) is 24.5 Å². The number of ether oxygens (including phenoxy) is 1. The fraction of sp³-hybridized carbons (Fsp3) is 0.778. The molecule has 0 rings (SSSR count). The highest BCUT2D eigenvalue weighted by Gasteiger charge is 2.13. The average Bonchev–Trinajstić information content (AvgIpc) is 2.03. The number of hydrogen-bond acceptors (Lipinski definition) is 3. The van der Waals surface area contributed by atoms with E-state index >= 15 is 0 Å². The van der Waals surface area contributed by atoms with Crippen molar-refractivity contribution in [2.24, 2.45) is 5.73 Å². The molecule has 0 aromatic heterocycles. The largest absolute Gasteiger partial charge is 0.447 e. The van der Waals surface area contributed by atoms with E-state index in [0.717, 1.165) is 0 Å². The molecule has 2 N–H and O–H groups in total. The highest BCUT2D eigenvalue weighted by atomic mass is 32.1. The first-order valence-electron chi connectivity index (χ1n) is 4.71. The average molecular weight is 218 g/mol. The zero-order valence-corrected chi connectivity index (χ0v) is 9.76. The number of thiocarbonyl (C=S) groups is 1. The maximum atomic E-state index is 11.4. The van der Waals surface area contributed by atoms with Gasteiger partial charge in [-0.25, -0.2) is 4.79 Å². The van der Waals surface area contributed by atoms with Crippen molar-refractivity contribution in [3.05, 3.63) is 0 Å². The maximum Gasteiger partial charge on any atom is 0.410 e. The van der Waals surface area contributed by atoms with Crippen LogP contribution >= 0.6 is 12.2 Å². The standard InChI is InChI=1S/C9H18N2O2S/c1-4-11(6-5-8(10)14)9(12)13-7(2)3/h7H,4-6H2,1-3H3,(H2,10,14). The lowest BCUT2D eigenvalue weighted by Gasteiger charge is -2.21. The van der Waals surface area contributed by atoms with Gasteiger partial charge in [-0.3, -0.25) is 0 Å². The Kier molecular flexibility index (Phi) is 6.19. The SMILES string of the molecule is CCN(CCC(N)=S)C(=O)OC(C)C. The number of nitrogens with two attached hydrogens (primary N) is 1. The van der Waals surface area contributed by atoms with Gasteiger partial charge >= 0.3 is 6.09 Å². The van der Waals surface area contributed by atoms with Gasteiger partial charge in [-0.05, 0) is 20.8 Å². The number of hydrogen-bond donors (Lipinski definition) is 1. The normalized spacial score (nSPS) is 10.0. The quantitative estimate of drug-likeness (QED) is 0.711. The first-order valence-corrected chi connectivity index (χ1v) is 5.12. The van der Waals surface area contributed by atoms with Crippen LogP contribution in [0, 0.1) is 0 Å². The first-order chi connectivity index (χ1) is 6.47. The Hall–Kier alpha value is -0.840. The first kappa shape index (κ1) is 13.2. The fourth-order valence-electron chi connectivity index (χ4n) is 0.900. The van der Waals surface area contributed by atoms with E-state index in [1.54, 1.807) is 4.90 Å². The summed E-state index contributed by atoms with van der Waals surface area (Å²) in [5.41, 5.74) is 5.35. The van der Waals surface area contributed by atoms with Crippen LogP contribution in [0.15, 0.2) is 0 Å². The molecule has 0 aromatic rings. The van der Waals surface area contributed by atoms with Gasteiger partial charge in [0, 0.05) is 19.5 Å². The van der Waals surface area contributed by atoms with Crippen LogP contribution in [0.2, 0.25) is 0 Å². The lowest BCUT2D eigenvalue weighted by Crippen LogP contribution is -2.35. The summed E-state index contributed by atoms with van der Waals surface area (Å²) in [6.07, 6.45) is 0.135. The summed E-state index contributed by atoms with van der Waals surface area (Å²) < 4.78 is 5.04. The van der Waals surface area contributed by atoms with Crippen molar-refractivity contribution >= 4 is 23.3 Å². The van der Waals surface area contributed by atoms with Gasteiger partial charge in [0.25, 0.3) is 0 Å². The highest BCUT2D eigenvalue weighted by molar-refractivity contribution is 7.80. The van der Waals surface area contributed by atoms with Crippen molar-refractivity contribution in [3.8, 4) is 0 Å². The second kappa shape index (κ2) is 6.59.